The molecule has 0 fully saturated rings. The number of carbonyl (C=O) groups is 1. The van der Waals surface area contributed by atoms with Crippen molar-refractivity contribution in [3.63, 3.8) is 0 Å². The summed E-state index contributed by atoms with van der Waals surface area (Å²) in [7, 11) is 0. The number of aromatic nitrogens is 1. The summed E-state index contributed by atoms with van der Waals surface area (Å²) < 4.78 is 1.43. The first-order chi connectivity index (χ1) is 10.3. The fourth-order valence-corrected chi connectivity index (χ4v) is 2.04. The Bertz CT molecular complexity index is 739. The van der Waals surface area contributed by atoms with Gasteiger partial charge in [-0.1, -0.05) is 48.5 Å². The van der Waals surface area contributed by atoms with E-state index in [-0.39, 0.29) is 5.97 Å². The van der Waals surface area contributed by atoms with E-state index in [2.05, 4.69) is 0 Å². The van der Waals surface area contributed by atoms with E-state index in [0.717, 1.165) is 11.1 Å². The van der Waals surface area contributed by atoms with Crippen molar-refractivity contribution in [3.05, 3.63) is 90.8 Å². The predicted octanol–water partition coefficient (Wildman–Crippen LogP) is 2.91. The molecule has 0 aliphatic carbocycles. The summed E-state index contributed by atoms with van der Waals surface area (Å²) in [5, 5.41) is 0. The van der Waals surface area contributed by atoms with Crippen LogP contribution in [0.25, 0.3) is 11.1 Å². The molecule has 21 heavy (non-hydrogen) atoms. The van der Waals surface area contributed by atoms with Crippen LogP contribution >= 0.6 is 0 Å². The first-order valence-electron chi connectivity index (χ1n) is 6.67. The fourth-order valence-electron chi connectivity index (χ4n) is 2.04. The van der Waals surface area contributed by atoms with Crippen molar-refractivity contribution in [2.75, 3.05) is 0 Å². The normalized spacial score (nSPS) is 10.1. The second-order valence-electron chi connectivity index (χ2n) is 4.56. The molecule has 0 bridgehead atoms. The van der Waals surface area contributed by atoms with Gasteiger partial charge in [-0.2, -0.15) is 4.84 Å². The standard InChI is InChI=1S/C18H14NO2/c20-18(16-10-5-2-6-11-16)21-19-13-7-12-17(14-19)15-8-3-1-4-9-15/h1-14H/q+1. The molecule has 102 valence electrons. The maximum absolute atomic E-state index is 12.0. The Kier molecular flexibility index (Phi) is 3.74. The Morgan fingerprint density at radius 3 is 2.10 bits per heavy atom. The van der Waals surface area contributed by atoms with Crippen LogP contribution < -0.4 is 9.57 Å². The highest BCUT2D eigenvalue weighted by molar-refractivity contribution is 5.89. The Morgan fingerprint density at radius 2 is 1.38 bits per heavy atom. The van der Waals surface area contributed by atoms with Crippen molar-refractivity contribution in [2.45, 2.75) is 0 Å². The SMILES string of the molecule is O=C(O[n+]1cccc(-c2ccccc2)c1)c1ccccc1. The minimum absolute atomic E-state index is 0.384. The zero-order valence-electron chi connectivity index (χ0n) is 11.3. The van der Waals surface area contributed by atoms with E-state index in [4.69, 9.17) is 4.84 Å². The van der Waals surface area contributed by atoms with Crippen molar-refractivity contribution in [1.82, 2.24) is 0 Å². The highest BCUT2D eigenvalue weighted by Gasteiger charge is 2.14. The lowest BCUT2D eigenvalue weighted by molar-refractivity contribution is -0.867. The van der Waals surface area contributed by atoms with Crippen LogP contribution in [0.3, 0.4) is 0 Å². The van der Waals surface area contributed by atoms with Crippen LogP contribution in [0.4, 0.5) is 0 Å². The Hall–Kier alpha value is -2.94. The van der Waals surface area contributed by atoms with Crippen LogP contribution in [0.1, 0.15) is 10.4 Å². The molecule has 3 nitrogen and oxygen atoms in total. The lowest BCUT2D eigenvalue weighted by Crippen LogP contribution is -2.45. The van der Waals surface area contributed by atoms with Crippen LogP contribution in [0.2, 0.25) is 0 Å². The van der Waals surface area contributed by atoms with Gasteiger partial charge >= 0.3 is 5.97 Å². The van der Waals surface area contributed by atoms with Gasteiger partial charge in [-0.3, -0.25) is 0 Å². The largest absolute Gasteiger partial charge is 0.411 e. The molecule has 0 aliphatic rings. The van der Waals surface area contributed by atoms with Gasteiger partial charge in [0.1, 0.15) is 0 Å². The van der Waals surface area contributed by atoms with Crippen LogP contribution in [-0.2, 0) is 0 Å². The summed E-state index contributed by atoms with van der Waals surface area (Å²) in [5.74, 6) is -0.384. The van der Waals surface area contributed by atoms with Crippen LogP contribution in [0, 0.1) is 0 Å². The lowest BCUT2D eigenvalue weighted by Gasteiger charge is -2.00. The molecule has 0 unspecified atom stereocenters. The third-order valence-electron chi connectivity index (χ3n) is 3.08. The van der Waals surface area contributed by atoms with Gasteiger partial charge in [-0.25, -0.2) is 4.79 Å². The Balaban J connectivity index is 1.83. The minimum atomic E-state index is -0.384. The molecule has 0 saturated carbocycles. The first kappa shape index (κ1) is 13.1. The van der Waals surface area contributed by atoms with E-state index in [9.17, 15) is 4.79 Å². The summed E-state index contributed by atoms with van der Waals surface area (Å²) in [6.45, 7) is 0. The number of pyridine rings is 1. The molecule has 3 aromatic rings. The van der Waals surface area contributed by atoms with Gasteiger partial charge in [0.15, 0.2) is 0 Å². The molecule has 2 aromatic carbocycles. The van der Waals surface area contributed by atoms with Crippen molar-refractivity contribution in [2.24, 2.45) is 0 Å². The van der Waals surface area contributed by atoms with Crippen molar-refractivity contribution in [3.8, 4) is 11.1 Å². The predicted molar refractivity (Wildman–Crippen MR) is 79.4 cm³/mol. The number of hydrogen-bond donors (Lipinski definition) is 0. The summed E-state index contributed by atoms with van der Waals surface area (Å²) in [4.78, 5) is 17.4. The third-order valence-corrected chi connectivity index (χ3v) is 3.08. The molecule has 0 saturated heterocycles. The van der Waals surface area contributed by atoms with Gasteiger partial charge in [0, 0.05) is 10.8 Å². The molecule has 3 heteroatoms. The van der Waals surface area contributed by atoms with E-state index in [1.54, 1.807) is 24.5 Å². The van der Waals surface area contributed by atoms with Crippen molar-refractivity contribution >= 4 is 5.97 Å². The summed E-state index contributed by atoms with van der Waals surface area (Å²) >= 11 is 0. The van der Waals surface area contributed by atoms with E-state index < -0.39 is 0 Å². The number of carbonyl (C=O) groups excluding carboxylic acids is 1. The van der Waals surface area contributed by atoms with E-state index >= 15 is 0 Å². The number of hydrogen-bond acceptors (Lipinski definition) is 2. The quantitative estimate of drug-likeness (QED) is 0.689. The average Bonchev–Trinajstić information content (AvgIpc) is 2.57. The second kappa shape index (κ2) is 6.01. The maximum atomic E-state index is 12.0. The summed E-state index contributed by atoms with van der Waals surface area (Å²) in [5.41, 5.74) is 2.58. The van der Waals surface area contributed by atoms with Gasteiger partial charge in [0.25, 0.3) is 0 Å². The molecule has 0 aliphatic heterocycles. The van der Waals surface area contributed by atoms with Gasteiger partial charge in [-0.05, 0) is 23.8 Å². The van der Waals surface area contributed by atoms with Crippen LogP contribution in [0.5, 0.6) is 0 Å². The number of rotatable bonds is 3. The molecule has 1 aromatic heterocycles. The molecule has 0 spiro atoms. The van der Waals surface area contributed by atoms with Gasteiger partial charge in [0.05, 0.1) is 11.1 Å². The monoisotopic (exact) mass is 276 g/mol. The van der Waals surface area contributed by atoms with Crippen LogP contribution in [-0.4, -0.2) is 5.97 Å². The number of benzene rings is 2. The molecule has 0 atom stereocenters. The third kappa shape index (κ3) is 3.15. The Morgan fingerprint density at radius 1 is 0.762 bits per heavy atom. The molecule has 0 N–H and O–H groups in total. The average molecular weight is 276 g/mol. The lowest BCUT2D eigenvalue weighted by atomic mass is 10.1. The zero-order valence-corrected chi connectivity index (χ0v) is 11.3. The van der Waals surface area contributed by atoms with E-state index in [0.29, 0.717) is 5.56 Å². The molecular formula is C18H14NO2+. The van der Waals surface area contributed by atoms with Gasteiger partial charge < -0.3 is 0 Å². The van der Waals surface area contributed by atoms with Crippen molar-refractivity contribution < 1.29 is 14.4 Å². The molecule has 3 rings (SSSR count). The van der Waals surface area contributed by atoms with Gasteiger partial charge in [0.2, 0.25) is 12.4 Å². The molecule has 1 heterocycles. The highest BCUT2D eigenvalue weighted by Crippen LogP contribution is 2.15. The maximum Gasteiger partial charge on any atom is 0.411 e. The smallest absolute Gasteiger partial charge is 0.239 e. The number of nitrogens with zero attached hydrogens (tertiary/aromatic N) is 1. The molecular weight excluding hydrogens is 262 g/mol. The Labute approximate surface area is 123 Å². The topological polar surface area (TPSA) is 30.2 Å². The van der Waals surface area contributed by atoms with Crippen molar-refractivity contribution in [1.29, 1.82) is 0 Å². The van der Waals surface area contributed by atoms with Crippen LogP contribution in [0.15, 0.2) is 85.2 Å². The van der Waals surface area contributed by atoms with E-state index in [1.807, 2.05) is 60.7 Å². The molecule has 0 radical (unpaired) electrons. The zero-order chi connectivity index (χ0) is 14.5. The minimum Gasteiger partial charge on any atom is -0.239 e. The van der Waals surface area contributed by atoms with E-state index in [1.165, 1.54) is 4.73 Å². The summed E-state index contributed by atoms with van der Waals surface area (Å²) in [6.07, 6.45) is 3.49. The molecule has 0 amide bonds. The fraction of sp³-hybridized carbons (Fsp3) is 0. The first-order valence-corrected chi connectivity index (χ1v) is 6.67. The van der Waals surface area contributed by atoms with Gasteiger partial charge in [-0.15, -0.1) is 0 Å². The second-order valence-corrected chi connectivity index (χ2v) is 4.56. The summed E-state index contributed by atoms with van der Waals surface area (Å²) in [6, 6.07) is 22.7. The highest BCUT2D eigenvalue weighted by atomic mass is 16.7.